The van der Waals surface area contributed by atoms with Crippen LogP contribution < -0.4 is 5.73 Å². The van der Waals surface area contributed by atoms with E-state index >= 15 is 0 Å². The zero-order chi connectivity index (χ0) is 13.8. The van der Waals surface area contributed by atoms with Crippen molar-refractivity contribution < 1.29 is 0 Å². The van der Waals surface area contributed by atoms with Gasteiger partial charge in [-0.15, -0.1) is 0 Å². The van der Waals surface area contributed by atoms with Gasteiger partial charge in [0.2, 0.25) is 0 Å². The van der Waals surface area contributed by atoms with Gasteiger partial charge in [0.1, 0.15) is 0 Å². The van der Waals surface area contributed by atoms with Crippen molar-refractivity contribution in [3.8, 4) is 0 Å². The Kier molecular flexibility index (Phi) is 5.67. The highest BCUT2D eigenvalue weighted by molar-refractivity contribution is 4.88. The SMILES string of the molecule is CC1CCC(C(CN)N2CCCC(N(C)C)C2)CC1. The lowest BCUT2D eigenvalue weighted by Crippen LogP contribution is -2.54. The Hall–Kier alpha value is -0.120. The van der Waals surface area contributed by atoms with Crippen LogP contribution in [0.2, 0.25) is 0 Å². The van der Waals surface area contributed by atoms with Crippen LogP contribution in [0.4, 0.5) is 0 Å². The molecule has 1 saturated carbocycles. The molecule has 3 nitrogen and oxygen atoms in total. The van der Waals surface area contributed by atoms with Gasteiger partial charge in [0.25, 0.3) is 0 Å². The van der Waals surface area contributed by atoms with E-state index in [0.717, 1.165) is 24.4 Å². The lowest BCUT2D eigenvalue weighted by molar-refractivity contribution is 0.0570. The molecule has 1 aliphatic carbocycles. The molecule has 2 aliphatic rings. The zero-order valence-electron chi connectivity index (χ0n) is 13.1. The summed E-state index contributed by atoms with van der Waals surface area (Å²) in [6, 6.07) is 1.36. The first kappa shape index (κ1) is 15.3. The van der Waals surface area contributed by atoms with Gasteiger partial charge in [0, 0.05) is 25.2 Å². The van der Waals surface area contributed by atoms with Crippen LogP contribution in [0.25, 0.3) is 0 Å². The molecule has 0 aromatic heterocycles. The summed E-state index contributed by atoms with van der Waals surface area (Å²) in [5.74, 6) is 1.78. The predicted molar refractivity (Wildman–Crippen MR) is 82.2 cm³/mol. The lowest BCUT2D eigenvalue weighted by Gasteiger charge is -2.44. The molecule has 19 heavy (non-hydrogen) atoms. The summed E-state index contributed by atoms with van der Waals surface area (Å²) in [5, 5.41) is 0. The van der Waals surface area contributed by atoms with Gasteiger partial charge in [-0.05, 0) is 58.2 Å². The van der Waals surface area contributed by atoms with E-state index in [2.05, 4.69) is 30.8 Å². The van der Waals surface area contributed by atoms with Crippen molar-refractivity contribution in [3.63, 3.8) is 0 Å². The van der Waals surface area contributed by atoms with Crippen LogP contribution >= 0.6 is 0 Å². The summed E-state index contributed by atoms with van der Waals surface area (Å²) in [4.78, 5) is 5.09. The minimum atomic E-state index is 0.634. The summed E-state index contributed by atoms with van der Waals surface area (Å²) in [6.07, 6.45) is 8.29. The molecule has 112 valence electrons. The van der Waals surface area contributed by atoms with Crippen LogP contribution in [0.3, 0.4) is 0 Å². The molecule has 0 spiro atoms. The van der Waals surface area contributed by atoms with E-state index < -0.39 is 0 Å². The number of rotatable bonds is 4. The molecule has 0 aromatic rings. The maximum Gasteiger partial charge on any atom is 0.0247 e. The summed E-state index contributed by atoms with van der Waals surface area (Å²) in [5.41, 5.74) is 6.14. The Balaban J connectivity index is 1.93. The fourth-order valence-electron chi connectivity index (χ4n) is 4.02. The second-order valence-corrected chi connectivity index (χ2v) is 7.08. The molecule has 2 atom stereocenters. The second-order valence-electron chi connectivity index (χ2n) is 7.08. The fourth-order valence-corrected chi connectivity index (χ4v) is 4.02. The highest BCUT2D eigenvalue weighted by Crippen LogP contribution is 2.33. The molecule has 2 fully saturated rings. The van der Waals surface area contributed by atoms with E-state index in [9.17, 15) is 0 Å². The van der Waals surface area contributed by atoms with Gasteiger partial charge in [-0.1, -0.05) is 19.8 Å². The Morgan fingerprint density at radius 3 is 2.42 bits per heavy atom. The number of likely N-dealkylation sites (N-methyl/N-ethyl adjacent to an activating group) is 1. The van der Waals surface area contributed by atoms with Gasteiger partial charge in [-0.25, -0.2) is 0 Å². The molecule has 2 unspecified atom stereocenters. The predicted octanol–water partition coefficient (Wildman–Crippen LogP) is 2.17. The first-order chi connectivity index (χ1) is 9.11. The van der Waals surface area contributed by atoms with Crippen LogP contribution in [-0.4, -0.2) is 55.6 Å². The second kappa shape index (κ2) is 7.05. The van der Waals surface area contributed by atoms with Crippen LogP contribution in [0, 0.1) is 11.8 Å². The normalized spacial score (nSPS) is 35.5. The van der Waals surface area contributed by atoms with Crippen LogP contribution in [0.15, 0.2) is 0 Å². The molecule has 3 heteroatoms. The molecular weight excluding hydrogens is 234 g/mol. The number of likely N-dealkylation sites (tertiary alicyclic amines) is 1. The minimum Gasteiger partial charge on any atom is -0.329 e. The third-order valence-corrected chi connectivity index (χ3v) is 5.47. The zero-order valence-corrected chi connectivity index (χ0v) is 13.1. The summed E-state index contributed by atoms with van der Waals surface area (Å²) >= 11 is 0. The first-order valence-corrected chi connectivity index (χ1v) is 8.22. The first-order valence-electron chi connectivity index (χ1n) is 8.22. The lowest BCUT2D eigenvalue weighted by atomic mass is 9.78. The molecule has 0 bridgehead atoms. The topological polar surface area (TPSA) is 32.5 Å². The van der Waals surface area contributed by atoms with E-state index in [1.165, 1.54) is 51.6 Å². The van der Waals surface area contributed by atoms with Crippen LogP contribution in [-0.2, 0) is 0 Å². The molecular formula is C16H33N3. The van der Waals surface area contributed by atoms with Gasteiger partial charge < -0.3 is 10.6 Å². The van der Waals surface area contributed by atoms with Gasteiger partial charge in [0.05, 0.1) is 0 Å². The Morgan fingerprint density at radius 1 is 1.16 bits per heavy atom. The van der Waals surface area contributed by atoms with Gasteiger partial charge >= 0.3 is 0 Å². The smallest absolute Gasteiger partial charge is 0.0247 e. The van der Waals surface area contributed by atoms with E-state index in [1.54, 1.807) is 0 Å². The van der Waals surface area contributed by atoms with Crippen molar-refractivity contribution in [2.24, 2.45) is 17.6 Å². The average Bonchev–Trinajstić information content (AvgIpc) is 2.42. The van der Waals surface area contributed by atoms with Gasteiger partial charge in [0.15, 0.2) is 0 Å². The number of piperidine rings is 1. The Labute approximate surface area is 119 Å². The van der Waals surface area contributed by atoms with Crippen molar-refractivity contribution in [3.05, 3.63) is 0 Å². The molecule has 2 N–H and O–H groups in total. The number of hydrogen-bond donors (Lipinski definition) is 1. The minimum absolute atomic E-state index is 0.634. The quantitative estimate of drug-likeness (QED) is 0.847. The third kappa shape index (κ3) is 3.93. The summed E-state index contributed by atoms with van der Waals surface area (Å²) in [6.45, 7) is 5.73. The molecule has 0 aromatic carbocycles. The van der Waals surface area contributed by atoms with Crippen LogP contribution in [0.5, 0.6) is 0 Å². The maximum absolute atomic E-state index is 6.14. The third-order valence-electron chi connectivity index (χ3n) is 5.47. The van der Waals surface area contributed by atoms with Crippen LogP contribution in [0.1, 0.15) is 45.4 Å². The van der Waals surface area contributed by atoms with Crippen molar-refractivity contribution in [2.75, 3.05) is 33.7 Å². The largest absolute Gasteiger partial charge is 0.329 e. The highest BCUT2D eigenvalue weighted by Gasteiger charge is 2.32. The van der Waals surface area contributed by atoms with Gasteiger partial charge in [-0.3, -0.25) is 4.90 Å². The highest BCUT2D eigenvalue weighted by atomic mass is 15.2. The van der Waals surface area contributed by atoms with Crippen molar-refractivity contribution in [2.45, 2.75) is 57.5 Å². The number of hydrogen-bond acceptors (Lipinski definition) is 3. The number of nitrogens with two attached hydrogens (primary N) is 1. The van der Waals surface area contributed by atoms with Gasteiger partial charge in [-0.2, -0.15) is 0 Å². The molecule has 0 radical (unpaired) electrons. The Bertz CT molecular complexity index is 259. The Morgan fingerprint density at radius 2 is 1.84 bits per heavy atom. The summed E-state index contributed by atoms with van der Waals surface area (Å²) < 4.78 is 0. The molecule has 1 heterocycles. The van der Waals surface area contributed by atoms with E-state index in [-0.39, 0.29) is 0 Å². The molecule has 1 aliphatic heterocycles. The standard InChI is InChI=1S/C16H33N3/c1-13-6-8-14(9-7-13)16(11-17)19-10-4-5-15(12-19)18(2)3/h13-16H,4-12,17H2,1-3H3. The van der Waals surface area contributed by atoms with E-state index in [0.29, 0.717) is 6.04 Å². The van der Waals surface area contributed by atoms with Crippen molar-refractivity contribution >= 4 is 0 Å². The van der Waals surface area contributed by atoms with E-state index in [1.807, 2.05) is 0 Å². The van der Waals surface area contributed by atoms with Crippen molar-refractivity contribution in [1.82, 2.24) is 9.80 Å². The van der Waals surface area contributed by atoms with Crippen molar-refractivity contribution in [1.29, 1.82) is 0 Å². The number of nitrogens with zero attached hydrogens (tertiary/aromatic N) is 2. The molecule has 0 amide bonds. The summed E-state index contributed by atoms with van der Waals surface area (Å²) in [7, 11) is 4.43. The maximum atomic E-state index is 6.14. The van der Waals surface area contributed by atoms with E-state index in [4.69, 9.17) is 5.73 Å². The average molecular weight is 267 g/mol. The fraction of sp³-hybridized carbons (Fsp3) is 1.00. The molecule has 1 saturated heterocycles. The molecule has 2 rings (SSSR count). The monoisotopic (exact) mass is 267 g/mol.